The highest BCUT2D eigenvalue weighted by atomic mass is 16.5. The first-order valence-electron chi connectivity index (χ1n) is 5.67. The van der Waals surface area contributed by atoms with Gasteiger partial charge in [-0.05, 0) is 31.2 Å². The van der Waals surface area contributed by atoms with Gasteiger partial charge in [0.2, 0.25) is 5.76 Å². The van der Waals surface area contributed by atoms with E-state index in [2.05, 4.69) is 15.0 Å². The molecule has 2 aromatic rings. The first kappa shape index (κ1) is 13.6. The molecule has 2 rings (SSSR count). The van der Waals surface area contributed by atoms with Crippen molar-refractivity contribution in [2.45, 2.75) is 6.92 Å². The number of esters is 1. The van der Waals surface area contributed by atoms with Gasteiger partial charge in [0.05, 0.1) is 12.8 Å². The molecule has 1 amide bonds. The number of ether oxygens (including phenoxy) is 2. The normalized spacial score (nSPS) is 9.90. The molecule has 0 spiro atoms. The van der Waals surface area contributed by atoms with Gasteiger partial charge in [0.25, 0.3) is 0 Å². The first-order valence-corrected chi connectivity index (χ1v) is 5.67. The lowest BCUT2D eigenvalue weighted by Gasteiger charge is -2.05. The molecule has 0 aliphatic carbocycles. The number of rotatable bonds is 3. The van der Waals surface area contributed by atoms with E-state index in [9.17, 15) is 9.59 Å². The quantitative estimate of drug-likeness (QED) is 0.683. The number of nitrogens with zero attached hydrogens (tertiary/aromatic N) is 1. The average molecular weight is 276 g/mol. The molecular weight excluding hydrogens is 264 g/mol. The van der Waals surface area contributed by atoms with Crippen LogP contribution in [-0.4, -0.2) is 24.2 Å². The van der Waals surface area contributed by atoms with Crippen molar-refractivity contribution in [1.82, 2.24) is 4.98 Å². The minimum atomic E-state index is -0.631. The summed E-state index contributed by atoms with van der Waals surface area (Å²) in [7, 11) is 1.27. The van der Waals surface area contributed by atoms with Gasteiger partial charge in [-0.2, -0.15) is 0 Å². The summed E-state index contributed by atoms with van der Waals surface area (Å²) in [6, 6.07) is 6.23. The maximum atomic E-state index is 11.8. The van der Waals surface area contributed by atoms with Crippen molar-refractivity contribution in [3.8, 4) is 5.75 Å². The lowest BCUT2D eigenvalue weighted by atomic mass is 10.3. The van der Waals surface area contributed by atoms with Gasteiger partial charge in [0.15, 0.2) is 6.39 Å². The van der Waals surface area contributed by atoms with Crippen LogP contribution in [0.25, 0.3) is 0 Å². The molecule has 1 heterocycles. The Morgan fingerprint density at radius 3 is 2.50 bits per heavy atom. The standard InChI is InChI=1S/C13H12N2O5/c1-8-11(19-7-14-8)12(16)20-10-5-3-9(4-6-10)15-13(17)18-2/h3-7H,1-2H3,(H,15,17). The van der Waals surface area contributed by atoms with Crippen LogP contribution >= 0.6 is 0 Å². The van der Waals surface area contributed by atoms with E-state index >= 15 is 0 Å². The number of carbonyl (C=O) groups excluding carboxylic acids is 2. The highest BCUT2D eigenvalue weighted by molar-refractivity contribution is 5.89. The number of nitrogens with one attached hydrogen (secondary N) is 1. The first-order chi connectivity index (χ1) is 9.60. The largest absolute Gasteiger partial charge is 0.453 e. The lowest BCUT2D eigenvalue weighted by Crippen LogP contribution is -2.11. The third-order valence-electron chi connectivity index (χ3n) is 2.43. The van der Waals surface area contributed by atoms with Gasteiger partial charge >= 0.3 is 12.1 Å². The Hall–Kier alpha value is -2.83. The topological polar surface area (TPSA) is 90.7 Å². The van der Waals surface area contributed by atoms with Crippen LogP contribution in [0.5, 0.6) is 5.75 Å². The van der Waals surface area contributed by atoms with E-state index in [1.54, 1.807) is 19.1 Å². The van der Waals surface area contributed by atoms with E-state index in [0.29, 0.717) is 17.1 Å². The van der Waals surface area contributed by atoms with Crippen LogP contribution in [0, 0.1) is 6.92 Å². The molecule has 0 radical (unpaired) electrons. The van der Waals surface area contributed by atoms with Crippen molar-refractivity contribution in [3.05, 3.63) is 42.1 Å². The van der Waals surface area contributed by atoms with Crippen LogP contribution in [0.15, 0.2) is 35.1 Å². The highest BCUT2D eigenvalue weighted by Gasteiger charge is 2.16. The van der Waals surface area contributed by atoms with Crippen LogP contribution in [-0.2, 0) is 4.74 Å². The van der Waals surface area contributed by atoms with Crippen LogP contribution < -0.4 is 10.1 Å². The maximum absolute atomic E-state index is 11.8. The predicted molar refractivity (Wildman–Crippen MR) is 68.7 cm³/mol. The molecule has 0 saturated carbocycles. The van der Waals surface area contributed by atoms with Crippen LogP contribution in [0.3, 0.4) is 0 Å². The fraction of sp³-hybridized carbons (Fsp3) is 0.154. The van der Waals surface area contributed by atoms with Crippen molar-refractivity contribution in [2.24, 2.45) is 0 Å². The molecule has 0 fully saturated rings. The molecule has 1 aromatic heterocycles. The van der Waals surface area contributed by atoms with E-state index in [1.807, 2.05) is 0 Å². The van der Waals surface area contributed by atoms with Gasteiger partial charge in [-0.25, -0.2) is 14.6 Å². The third-order valence-corrected chi connectivity index (χ3v) is 2.43. The zero-order chi connectivity index (χ0) is 14.5. The maximum Gasteiger partial charge on any atom is 0.411 e. The molecule has 0 aliphatic heterocycles. The number of aryl methyl sites for hydroxylation is 1. The van der Waals surface area contributed by atoms with Gasteiger partial charge < -0.3 is 13.9 Å². The second kappa shape index (κ2) is 5.87. The minimum absolute atomic E-state index is 0.0572. The second-order valence-electron chi connectivity index (χ2n) is 3.80. The number of benzene rings is 1. The SMILES string of the molecule is COC(=O)Nc1ccc(OC(=O)c2ocnc2C)cc1. The number of methoxy groups -OCH3 is 1. The zero-order valence-electron chi connectivity index (χ0n) is 10.9. The smallest absolute Gasteiger partial charge is 0.411 e. The Morgan fingerprint density at radius 2 is 1.95 bits per heavy atom. The van der Waals surface area contributed by atoms with Crippen molar-refractivity contribution < 1.29 is 23.5 Å². The summed E-state index contributed by atoms with van der Waals surface area (Å²) < 4.78 is 14.5. The van der Waals surface area contributed by atoms with Gasteiger partial charge in [0, 0.05) is 5.69 Å². The predicted octanol–water partition coefficient (Wildman–Crippen LogP) is 2.38. The van der Waals surface area contributed by atoms with E-state index < -0.39 is 12.1 Å². The Labute approximate surface area is 114 Å². The number of amides is 1. The van der Waals surface area contributed by atoms with Gasteiger partial charge in [-0.1, -0.05) is 0 Å². The number of hydrogen-bond donors (Lipinski definition) is 1. The van der Waals surface area contributed by atoms with E-state index in [4.69, 9.17) is 9.15 Å². The number of carbonyl (C=O) groups is 2. The van der Waals surface area contributed by atoms with E-state index in [-0.39, 0.29) is 5.76 Å². The zero-order valence-corrected chi connectivity index (χ0v) is 10.9. The van der Waals surface area contributed by atoms with Crippen LogP contribution in [0.2, 0.25) is 0 Å². The van der Waals surface area contributed by atoms with E-state index in [0.717, 1.165) is 0 Å². The summed E-state index contributed by atoms with van der Waals surface area (Å²) in [5.74, 6) is -0.253. The number of oxazole rings is 1. The summed E-state index contributed by atoms with van der Waals surface area (Å²) in [6.07, 6.45) is 0.599. The Bertz CT molecular complexity index is 618. The summed E-state index contributed by atoms with van der Waals surface area (Å²) in [6.45, 7) is 1.64. The lowest BCUT2D eigenvalue weighted by molar-refractivity contribution is 0.0700. The molecule has 0 aliphatic rings. The molecule has 20 heavy (non-hydrogen) atoms. The Kier molecular flexibility index (Phi) is 3.99. The van der Waals surface area contributed by atoms with Gasteiger partial charge in [-0.3, -0.25) is 5.32 Å². The highest BCUT2D eigenvalue weighted by Crippen LogP contribution is 2.18. The number of anilines is 1. The van der Waals surface area contributed by atoms with Crippen molar-refractivity contribution in [1.29, 1.82) is 0 Å². The van der Waals surface area contributed by atoms with Crippen LogP contribution in [0.4, 0.5) is 10.5 Å². The number of aromatic nitrogens is 1. The molecule has 0 unspecified atom stereocenters. The second-order valence-corrected chi connectivity index (χ2v) is 3.80. The Balaban J connectivity index is 2.02. The molecule has 7 heteroatoms. The van der Waals surface area contributed by atoms with E-state index in [1.165, 1.54) is 25.6 Å². The fourth-order valence-electron chi connectivity index (χ4n) is 1.43. The Morgan fingerprint density at radius 1 is 1.25 bits per heavy atom. The molecular formula is C13H12N2O5. The van der Waals surface area contributed by atoms with Gasteiger partial charge in [-0.15, -0.1) is 0 Å². The summed E-state index contributed by atoms with van der Waals surface area (Å²) in [5, 5.41) is 2.48. The molecule has 1 aromatic carbocycles. The summed E-state index contributed by atoms with van der Waals surface area (Å²) in [4.78, 5) is 26.6. The monoisotopic (exact) mass is 276 g/mol. The van der Waals surface area contributed by atoms with Crippen molar-refractivity contribution >= 4 is 17.7 Å². The number of hydrogen-bond acceptors (Lipinski definition) is 6. The third kappa shape index (κ3) is 3.14. The van der Waals surface area contributed by atoms with Gasteiger partial charge in [0.1, 0.15) is 5.75 Å². The average Bonchev–Trinajstić information content (AvgIpc) is 2.87. The fourth-order valence-corrected chi connectivity index (χ4v) is 1.43. The van der Waals surface area contributed by atoms with Crippen molar-refractivity contribution in [2.75, 3.05) is 12.4 Å². The summed E-state index contributed by atoms with van der Waals surface area (Å²) >= 11 is 0. The molecule has 7 nitrogen and oxygen atoms in total. The molecule has 0 saturated heterocycles. The molecule has 104 valence electrons. The minimum Gasteiger partial charge on any atom is -0.453 e. The molecule has 1 N–H and O–H groups in total. The molecule has 0 bridgehead atoms. The molecule has 0 atom stereocenters. The van der Waals surface area contributed by atoms with Crippen LogP contribution in [0.1, 0.15) is 16.2 Å². The summed E-state index contributed by atoms with van der Waals surface area (Å²) in [5.41, 5.74) is 0.978. The van der Waals surface area contributed by atoms with Crippen molar-refractivity contribution in [3.63, 3.8) is 0 Å².